The van der Waals surface area contributed by atoms with Crippen LogP contribution in [0.25, 0.3) is 0 Å². The van der Waals surface area contributed by atoms with Crippen molar-refractivity contribution >= 4 is 21.8 Å². The average Bonchev–Trinajstić information content (AvgIpc) is 3.29. The molecule has 0 unspecified atom stereocenters. The van der Waals surface area contributed by atoms with E-state index < -0.39 is 40.0 Å². The van der Waals surface area contributed by atoms with E-state index in [1.165, 1.54) is 40.4 Å². The van der Waals surface area contributed by atoms with E-state index in [2.05, 4.69) is 0 Å². The summed E-state index contributed by atoms with van der Waals surface area (Å²) in [4.78, 5) is 26.9. The van der Waals surface area contributed by atoms with E-state index in [9.17, 15) is 31.2 Å². The number of hydrogen-bond donors (Lipinski definition) is 0. The van der Waals surface area contributed by atoms with Gasteiger partial charge in [-0.25, -0.2) is 8.42 Å². The maximum absolute atomic E-state index is 13.0. The SMILES string of the molecule is CC(=O)N1CCN(S(=O)(=O)c2ccc(C(=O)N3CC[C@@H]4[C@@H]3[C@@H]4C(F)(F)F)cc2)CC1. The van der Waals surface area contributed by atoms with Crippen LogP contribution in [0.5, 0.6) is 0 Å². The van der Waals surface area contributed by atoms with E-state index in [4.69, 9.17) is 0 Å². The number of nitrogens with zero attached hydrogens (tertiary/aromatic N) is 3. The molecule has 0 N–H and O–H groups in total. The van der Waals surface area contributed by atoms with Gasteiger partial charge in [0, 0.05) is 51.3 Å². The van der Waals surface area contributed by atoms with Gasteiger partial charge >= 0.3 is 6.18 Å². The fourth-order valence-corrected chi connectivity index (χ4v) is 5.99. The second-order valence-corrected chi connectivity index (χ2v) is 9.88. The van der Waals surface area contributed by atoms with Gasteiger partial charge in [-0.1, -0.05) is 0 Å². The maximum atomic E-state index is 13.0. The first-order chi connectivity index (χ1) is 14.0. The number of piperidine rings is 1. The summed E-state index contributed by atoms with van der Waals surface area (Å²) in [6.07, 6.45) is -3.97. The Hall–Kier alpha value is -2.14. The molecule has 2 aliphatic heterocycles. The number of hydrogen-bond acceptors (Lipinski definition) is 4. The van der Waals surface area contributed by atoms with Crippen molar-refractivity contribution in [2.45, 2.75) is 30.5 Å². The van der Waals surface area contributed by atoms with E-state index >= 15 is 0 Å². The molecule has 30 heavy (non-hydrogen) atoms. The van der Waals surface area contributed by atoms with Crippen molar-refractivity contribution in [3.63, 3.8) is 0 Å². The second-order valence-electron chi connectivity index (χ2n) is 7.94. The van der Waals surface area contributed by atoms with Crippen LogP contribution >= 0.6 is 0 Å². The molecule has 1 saturated carbocycles. The number of benzene rings is 1. The van der Waals surface area contributed by atoms with Crippen molar-refractivity contribution in [1.29, 1.82) is 0 Å². The zero-order valence-electron chi connectivity index (χ0n) is 16.3. The highest BCUT2D eigenvalue weighted by Crippen LogP contribution is 2.58. The van der Waals surface area contributed by atoms with E-state index in [-0.39, 0.29) is 36.0 Å². The molecule has 2 heterocycles. The first-order valence-corrected chi connectivity index (χ1v) is 11.2. The monoisotopic (exact) mass is 445 g/mol. The van der Waals surface area contributed by atoms with Gasteiger partial charge in [-0.3, -0.25) is 9.59 Å². The van der Waals surface area contributed by atoms with E-state index in [1.54, 1.807) is 4.90 Å². The third-order valence-corrected chi connectivity index (χ3v) is 8.16. The Bertz CT molecular complexity index is 956. The van der Waals surface area contributed by atoms with Gasteiger partial charge in [0.1, 0.15) is 0 Å². The number of fused-ring (bicyclic) bond motifs is 1. The van der Waals surface area contributed by atoms with Crippen LogP contribution in [0.4, 0.5) is 13.2 Å². The lowest BCUT2D eigenvalue weighted by atomic mass is 10.2. The molecule has 0 aromatic heterocycles. The molecule has 2 amide bonds. The summed E-state index contributed by atoms with van der Waals surface area (Å²) in [7, 11) is -3.78. The number of sulfonamides is 1. The third-order valence-electron chi connectivity index (χ3n) is 6.25. The van der Waals surface area contributed by atoms with Crippen molar-refractivity contribution in [1.82, 2.24) is 14.1 Å². The fraction of sp³-hybridized carbons (Fsp3) is 0.579. The lowest BCUT2D eigenvalue weighted by Crippen LogP contribution is -2.49. The number of halogens is 3. The van der Waals surface area contributed by atoms with Gasteiger partial charge in [-0.15, -0.1) is 0 Å². The van der Waals surface area contributed by atoms with Crippen LogP contribution in [0.3, 0.4) is 0 Å². The molecule has 3 fully saturated rings. The summed E-state index contributed by atoms with van der Waals surface area (Å²) < 4.78 is 65.9. The normalized spacial score (nSPS) is 27.1. The second kappa shape index (κ2) is 7.23. The Morgan fingerprint density at radius 3 is 2.10 bits per heavy atom. The minimum Gasteiger partial charge on any atom is -0.340 e. The summed E-state index contributed by atoms with van der Waals surface area (Å²) >= 11 is 0. The van der Waals surface area contributed by atoms with Crippen molar-refractivity contribution < 1.29 is 31.2 Å². The van der Waals surface area contributed by atoms with Crippen molar-refractivity contribution in [2.75, 3.05) is 32.7 Å². The largest absolute Gasteiger partial charge is 0.394 e. The molecule has 164 valence electrons. The molecule has 4 rings (SSSR count). The van der Waals surface area contributed by atoms with Gasteiger partial charge in [-0.2, -0.15) is 17.5 Å². The Kier molecular flexibility index (Phi) is 5.08. The van der Waals surface area contributed by atoms with E-state index in [0.717, 1.165) is 0 Å². The lowest BCUT2D eigenvalue weighted by molar-refractivity contribution is -0.156. The molecule has 2 saturated heterocycles. The molecular weight excluding hydrogens is 423 g/mol. The number of piperazine rings is 1. The van der Waals surface area contributed by atoms with Gasteiger partial charge in [0.25, 0.3) is 5.91 Å². The Morgan fingerprint density at radius 1 is 1.00 bits per heavy atom. The van der Waals surface area contributed by atoms with Crippen LogP contribution in [0.2, 0.25) is 0 Å². The number of rotatable bonds is 3. The maximum Gasteiger partial charge on any atom is 0.394 e. The molecule has 3 atom stereocenters. The highest BCUT2D eigenvalue weighted by atomic mass is 32.2. The molecule has 1 aliphatic carbocycles. The topological polar surface area (TPSA) is 78.0 Å². The fourth-order valence-electron chi connectivity index (χ4n) is 4.57. The Labute approximate surface area is 172 Å². The van der Waals surface area contributed by atoms with Gasteiger partial charge in [0.05, 0.1) is 10.8 Å². The summed E-state index contributed by atoms with van der Waals surface area (Å²) in [6, 6.07) is 4.50. The number of alkyl halides is 3. The van der Waals surface area contributed by atoms with Crippen LogP contribution in [0.1, 0.15) is 23.7 Å². The van der Waals surface area contributed by atoms with Crippen molar-refractivity contribution in [3.05, 3.63) is 29.8 Å². The van der Waals surface area contributed by atoms with Gasteiger partial charge in [0.2, 0.25) is 15.9 Å². The summed E-state index contributed by atoms with van der Waals surface area (Å²) in [6.45, 7) is 2.69. The van der Waals surface area contributed by atoms with E-state index in [1.807, 2.05) is 0 Å². The average molecular weight is 445 g/mol. The quantitative estimate of drug-likeness (QED) is 0.708. The summed E-state index contributed by atoms with van der Waals surface area (Å²) in [5, 5.41) is 0. The summed E-state index contributed by atoms with van der Waals surface area (Å²) in [5.41, 5.74) is 0.170. The highest BCUT2D eigenvalue weighted by Gasteiger charge is 2.69. The van der Waals surface area contributed by atoms with Gasteiger partial charge in [0.15, 0.2) is 0 Å². The first kappa shape index (κ1) is 21.1. The number of amides is 2. The van der Waals surface area contributed by atoms with Crippen LogP contribution in [0, 0.1) is 11.8 Å². The highest BCUT2D eigenvalue weighted by molar-refractivity contribution is 7.89. The van der Waals surface area contributed by atoms with Gasteiger partial charge in [-0.05, 0) is 36.6 Å². The van der Waals surface area contributed by atoms with Crippen LogP contribution in [-0.4, -0.2) is 79.3 Å². The van der Waals surface area contributed by atoms with Crippen molar-refractivity contribution in [2.24, 2.45) is 11.8 Å². The van der Waals surface area contributed by atoms with Crippen LogP contribution in [0.15, 0.2) is 29.2 Å². The smallest absolute Gasteiger partial charge is 0.340 e. The molecule has 3 aliphatic rings. The zero-order chi connectivity index (χ0) is 21.8. The zero-order valence-corrected chi connectivity index (χ0v) is 17.1. The Balaban J connectivity index is 1.44. The predicted octanol–water partition coefficient (Wildman–Crippen LogP) is 1.56. The number of carbonyl (C=O) groups is 2. The lowest BCUT2D eigenvalue weighted by Gasteiger charge is -2.33. The molecule has 0 radical (unpaired) electrons. The van der Waals surface area contributed by atoms with E-state index in [0.29, 0.717) is 19.5 Å². The predicted molar refractivity (Wildman–Crippen MR) is 99.9 cm³/mol. The summed E-state index contributed by atoms with van der Waals surface area (Å²) in [5.74, 6) is -2.60. The molecule has 0 spiro atoms. The molecule has 0 bridgehead atoms. The molecule has 7 nitrogen and oxygen atoms in total. The minimum absolute atomic E-state index is 0.00853. The standard InChI is InChI=1S/C19H22F3N3O4S/c1-12(26)23-8-10-24(11-9-23)30(28,29)14-4-2-13(3-5-14)18(27)25-7-6-15-16(17(15)25)19(20,21)22/h2-5,15-17H,6-11H2,1H3/t15-,16+,17+/m0/s1. The molecule has 1 aromatic rings. The number of carbonyl (C=O) groups excluding carboxylic acids is 2. The first-order valence-electron chi connectivity index (χ1n) is 9.75. The number of likely N-dealkylation sites (tertiary alicyclic amines) is 1. The van der Waals surface area contributed by atoms with Gasteiger partial charge < -0.3 is 9.80 Å². The van der Waals surface area contributed by atoms with Crippen LogP contribution < -0.4 is 0 Å². The minimum atomic E-state index is -4.31. The Morgan fingerprint density at radius 2 is 1.60 bits per heavy atom. The molecule has 11 heteroatoms. The third kappa shape index (κ3) is 3.58. The van der Waals surface area contributed by atoms with Crippen LogP contribution in [-0.2, 0) is 14.8 Å². The molecular formula is C19H22F3N3O4S. The van der Waals surface area contributed by atoms with Crippen molar-refractivity contribution in [3.8, 4) is 0 Å². The molecule has 1 aromatic carbocycles.